The second-order valence-corrected chi connectivity index (χ2v) is 9.06. The van der Waals surface area contributed by atoms with Gasteiger partial charge in [-0.15, -0.1) is 11.3 Å². The molecule has 0 spiro atoms. The number of nitrogens with zero attached hydrogens (tertiary/aromatic N) is 1. The molecule has 164 valence electrons. The van der Waals surface area contributed by atoms with Gasteiger partial charge in [-0.25, -0.2) is 4.98 Å². The molecule has 0 fully saturated rings. The number of aromatic hydroxyl groups is 1. The third-order valence-electron chi connectivity index (χ3n) is 4.89. The van der Waals surface area contributed by atoms with Crippen molar-refractivity contribution in [3.8, 4) is 22.6 Å². The van der Waals surface area contributed by atoms with Gasteiger partial charge >= 0.3 is 0 Å². The molecule has 0 saturated carbocycles. The lowest BCUT2D eigenvalue weighted by atomic mass is 10.0. The largest absolute Gasteiger partial charge is 0.506 e. The number of amides is 1. The molecule has 7 nitrogen and oxygen atoms in total. The number of fused-ring (bicyclic) bond motifs is 1. The average molecular weight is 468 g/mol. The van der Waals surface area contributed by atoms with Crippen LogP contribution in [0.5, 0.6) is 11.5 Å². The summed E-state index contributed by atoms with van der Waals surface area (Å²) in [6.07, 6.45) is 0. The molecule has 2 aromatic heterocycles. The number of phenols is 1. The number of aromatic nitrogens is 2. The first-order chi connectivity index (χ1) is 15.4. The quantitative estimate of drug-likeness (QED) is 0.215. The number of aromatic amines is 1. The fourth-order valence-corrected chi connectivity index (χ4v) is 4.99. The van der Waals surface area contributed by atoms with Crippen molar-refractivity contribution in [2.24, 2.45) is 0 Å². The summed E-state index contributed by atoms with van der Waals surface area (Å²) in [5.74, 6) is 0.523. The lowest BCUT2D eigenvalue weighted by Crippen LogP contribution is -2.15. The minimum Gasteiger partial charge on any atom is -0.506 e. The molecule has 0 aliphatic rings. The smallest absolute Gasteiger partial charge is 0.260 e. The monoisotopic (exact) mass is 467 g/mol. The van der Waals surface area contributed by atoms with Crippen molar-refractivity contribution in [3.05, 3.63) is 63.3 Å². The molecule has 2 heterocycles. The number of benzene rings is 2. The Bertz CT molecular complexity index is 1380. The summed E-state index contributed by atoms with van der Waals surface area (Å²) in [5.41, 5.74) is 3.73. The maximum absolute atomic E-state index is 12.8. The number of nitrogens with one attached hydrogen (secondary N) is 2. The molecule has 0 radical (unpaired) electrons. The van der Waals surface area contributed by atoms with Crippen LogP contribution in [0.3, 0.4) is 0 Å². The Labute approximate surface area is 192 Å². The summed E-state index contributed by atoms with van der Waals surface area (Å²) in [5, 5.41) is 15.4. The molecule has 1 amide bonds. The zero-order valence-electron chi connectivity index (χ0n) is 17.7. The van der Waals surface area contributed by atoms with E-state index < -0.39 is 0 Å². The Kier molecular flexibility index (Phi) is 6.20. The third-order valence-corrected chi connectivity index (χ3v) is 6.64. The van der Waals surface area contributed by atoms with Gasteiger partial charge in [0.2, 0.25) is 5.91 Å². The van der Waals surface area contributed by atoms with Gasteiger partial charge in [-0.05, 0) is 54.8 Å². The number of thioether (sulfide) groups is 1. The van der Waals surface area contributed by atoms with E-state index in [1.165, 1.54) is 17.4 Å². The number of rotatable bonds is 6. The maximum Gasteiger partial charge on any atom is 0.260 e. The zero-order chi connectivity index (χ0) is 22.8. The highest BCUT2D eigenvalue weighted by Gasteiger charge is 2.15. The summed E-state index contributed by atoms with van der Waals surface area (Å²) in [7, 11) is 1.62. The Morgan fingerprint density at radius 2 is 2.06 bits per heavy atom. The van der Waals surface area contributed by atoms with Crippen molar-refractivity contribution < 1.29 is 14.6 Å². The van der Waals surface area contributed by atoms with Gasteiger partial charge in [-0.3, -0.25) is 9.59 Å². The Hall–Kier alpha value is -3.30. The van der Waals surface area contributed by atoms with Gasteiger partial charge in [-0.1, -0.05) is 23.9 Å². The van der Waals surface area contributed by atoms with Crippen LogP contribution in [-0.4, -0.2) is 33.8 Å². The van der Waals surface area contributed by atoms with Crippen LogP contribution in [0.15, 0.2) is 51.7 Å². The topological polar surface area (TPSA) is 104 Å². The van der Waals surface area contributed by atoms with Gasteiger partial charge in [0.25, 0.3) is 5.56 Å². The average Bonchev–Trinajstić information content (AvgIpc) is 3.19. The van der Waals surface area contributed by atoms with Crippen molar-refractivity contribution >= 4 is 44.9 Å². The SMILES string of the molecule is COc1ccc(-c2csc3nc(SCC(=O)Nc4cc(C)ccc4O)[nH]c(=O)c23)cc1C. The first-order valence-electron chi connectivity index (χ1n) is 9.74. The molecule has 0 aliphatic heterocycles. The van der Waals surface area contributed by atoms with Crippen molar-refractivity contribution in [2.45, 2.75) is 19.0 Å². The van der Waals surface area contributed by atoms with Crippen LogP contribution in [0.25, 0.3) is 21.3 Å². The van der Waals surface area contributed by atoms with E-state index in [4.69, 9.17) is 4.74 Å². The van der Waals surface area contributed by atoms with E-state index in [1.54, 1.807) is 19.2 Å². The lowest BCUT2D eigenvalue weighted by molar-refractivity contribution is -0.113. The van der Waals surface area contributed by atoms with Crippen LogP contribution in [-0.2, 0) is 4.79 Å². The van der Waals surface area contributed by atoms with E-state index in [2.05, 4.69) is 15.3 Å². The van der Waals surface area contributed by atoms with Crippen molar-refractivity contribution in [1.82, 2.24) is 9.97 Å². The molecule has 3 N–H and O–H groups in total. The number of ether oxygens (including phenoxy) is 1. The van der Waals surface area contributed by atoms with Crippen LogP contribution < -0.4 is 15.6 Å². The fourth-order valence-electron chi connectivity index (χ4n) is 3.33. The van der Waals surface area contributed by atoms with E-state index in [1.807, 2.05) is 37.4 Å². The van der Waals surface area contributed by atoms with Crippen LogP contribution in [0.2, 0.25) is 0 Å². The van der Waals surface area contributed by atoms with Crippen LogP contribution in [0.4, 0.5) is 5.69 Å². The Balaban J connectivity index is 1.53. The molecular formula is C23H21N3O4S2. The zero-order valence-corrected chi connectivity index (χ0v) is 19.3. The van der Waals surface area contributed by atoms with Gasteiger partial charge < -0.3 is 20.1 Å². The second kappa shape index (κ2) is 9.05. The lowest BCUT2D eigenvalue weighted by Gasteiger charge is -2.08. The summed E-state index contributed by atoms with van der Waals surface area (Å²) in [6.45, 7) is 3.83. The first kappa shape index (κ1) is 21.9. The number of hydrogen-bond acceptors (Lipinski definition) is 7. The molecule has 0 bridgehead atoms. The van der Waals surface area contributed by atoms with E-state index >= 15 is 0 Å². The van der Waals surface area contributed by atoms with Crippen molar-refractivity contribution in [1.29, 1.82) is 0 Å². The molecule has 9 heteroatoms. The number of carbonyl (C=O) groups excluding carboxylic acids is 1. The van der Waals surface area contributed by atoms with Gasteiger partial charge in [0.15, 0.2) is 5.16 Å². The van der Waals surface area contributed by atoms with Gasteiger partial charge in [-0.2, -0.15) is 0 Å². The van der Waals surface area contributed by atoms with Gasteiger partial charge in [0.1, 0.15) is 16.3 Å². The Morgan fingerprint density at radius 3 is 2.81 bits per heavy atom. The van der Waals surface area contributed by atoms with E-state index in [0.717, 1.165) is 39.8 Å². The van der Waals surface area contributed by atoms with Crippen molar-refractivity contribution in [2.75, 3.05) is 18.2 Å². The number of carbonyl (C=O) groups is 1. The molecule has 0 unspecified atom stereocenters. The number of phenolic OH excluding ortho intramolecular Hbond substituents is 1. The number of H-pyrrole nitrogens is 1. The number of thiophene rings is 1. The molecule has 2 aromatic carbocycles. The summed E-state index contributed by atoms with van der Waals surface area (Å²) >= 11 is 2.51. The maximum atomic E-state index is 12.8. The number of hydrogen-bond donors (Lipinski definition) is 3. The highest BCUT2D eigenvalue weighted by Crippen LogP contribution is 2.34. The predicted octanol–water partition coefficient (Wildman–Crippen LogP) is 4.71. The molecule has 0 aliphatic carbocycles. The van der Waals surface area contributed by atoms with Gasteiger partial charge in [0, 0.05) is 10.9 Å². The third kappa shape index (κ3) is 4.49. The molecular weight excluding hydrogens is 446 g/mol. The molecule has 0 saturated heterocycles. The highest BCUT2D eigenvalue weighted by atomic mass is 32.2. The normalized spacial score (nSPS) is 11.0. The molecule has 0 atom stereocenters. The number of methoxy groups -OCH3 is 1. The molecule has 4 aromatic rings. The predicted molar refractivity (Wildman–Crippen MR) is 129 cm³/mol. The van der Waals surface area contributed by atoms with Crippen LogP contribution >= 0.6 is 23.1 Å². The van der Waals surface area contributed by atoms with Crippen LogP contribution in [0, 0.1) is 13.8 Å². The standard InChI is InChI=1S/C23H21N3O4S2/c1-12-4-6-17(27)16(8-12)24-19(28)11-32-23-25-21(29)20-15(10-31-22(20)26-23)14-5-7-18(30-3)13(2)9-14/h4-10,27H,11H2,1-3H3,(H,24,28)(H,25,26,29). The summed E-state index contributed by atoms with van der Waals surface area (Å²) in [4.78, 5) is 33.0. The molecule has 4 rings (SSSR count). The number of anilines is 1. The summed E-state index contributed by atoms with van der Waals surface area (Å²) < 4.78 is 5.31. The fraction of sp³-hybridized carbons (Fsp3) is 0.174. The van der Waals surface area contributed by atoms with Gasteiger partial charge in [0.05, 0.1) is 23.9 Å². The first-order valence-corrected chi connectivity index (χ1v) is 11.6. The summed E-state index contributed by atoms with van der Waals surface area (Å²) in [6, 6.07) is 10.8. The Morgan fingerprint density at radius 1 is 1.25 bits per heavy atom. The highest BCUT2D eigenvalue weighted by molar-refractivity contribution is 7.99. The van der Waals surface area contributed by atoms with E-state index in [-0.39, 0.29) is 23.0 Å². The van der Waals surface area contributed by atoms with Crippen molar-refractivity contribution in [3.63, 3.8) is 0 Å². The van der Waals surface area contributed by atoms with Crippen LogP contribution in [0.1, 0.15) is 11.1 Å². The second-order valence-electron chi connectivity index (χ2n) is 7.24. The van der Waals surface area contributed by atoms with E-state index in [0.29, 0.717) is 21.1 Å². The van der Waals surface area contributed by atoms with E-state index in [9.17, 15) is 14.7 Å². The minimum absolute atomic E-state index is 0.00165. The number of aryl methyl sites for hydroxylation is 2. The molecule has 32 heavy (non-hydrogen) atoms. The minimum atomic E-state index is -0.306.